The number of ketones is 1. The lowest BCUT2D eigenvalue weighted by Crippen LogP contribution is -2.30. The van der Waals surface area contributed by atoms with E-state index in [0.717, 1.165) is 12.8 Å². The Labute approximate surface area is 115 Å². The zero-order valence-electron chi connectivity index (χ0n) is 11.1. The zero-order valence-corrected chi connectivity index (χ0v) is 11.1. The summed E-state index contributed by atoms with van der Waals surface area (Å²) in [6.07, 6.45) is 1.90. The van der Waals surface area contributed by atoms with Gasteiger partial charge < -0.3 is 4.74 Å². The predicted molar refractivity (Wildman–Crippen MR) is 70.5 cm³/mol. The van der Waals surface area contributed by atoms with E-state index < -0.39 is 17.0 Å². The Balaban J connectivity index is 2.15. The number of nitro benzene ring substituents is 1. The number of esters is 1. The minimum absolute atomic E-state index is 0.0776. The van der Waals surface area contributed by atoms with Crippen molar-refractivity contribution in [3.63, 3.8) is 0 Å². The third-order valence-corrected chi connectivity index (χ3v) is 3.39. The number of nitro groups is 1. The fraction of sp³-hybridized carbons (Fsp3) is 0.429. The number of hydrogen-bond donors (Lipinski definition) is 0. The van der Waals surface area contributed by atoms with Gasteiger partial charge in [0.2, 0.25) is 0 Å². The average molecular weight is 277 g/mol. The van der Waals surface area contributed by atoms with Crippen LogP contribution in [-0.2, 0) is 9.53 Å². The molecular formula is C14H15NO5. The van der Waals surface area contributed by atoms with Gasteiger partial charge in [0, 0.05) is 18.1 Å². The highest BCUT2D eigenvalue weighted by atomic mass is 16.6. The van der Waals surface area contributed by atoms with Gasteiger partial charge in [-0.2, -0.15) is 0 Å². The first-order valence-corrected chi connectivity index (χ1v) is 6.48. The van der Waals surface area contributed by atoms with Crippen LogP contribution in [0.4, 0.5) is 5.69 Å². The van der Waals surface area contributed by atoms with Crippen molar-refractivity contribution in [1.29, 1.82) is 0 Å². The number of benzene rings is 1. The van der Waals surface area contributed by atoms with E-state index in [0.29, 0.717) is 18.4 Å². The third-order valence-electron chi connectivity index (χ3n) is 3.39. The van der Waals surface area contributed by atoms with Gasteiger partial charge in [0.1, 0.15) is 0 Å². The van der Waals surface area contributed by atoms with Crippen LogP contribution in [0.3, 0.4) is 0 Å². The highest BCUT2D eigenvalue weighted by molar-refractivity contribution is 5.93. The summed E-state index contributed by atoms with van der Waals surface area (Å²) < 4.78 is 5.15. The molecule has 1 fully saturated rings. The van der Waals surface area contributed by atoms with Gasteiger partial charge in [-0.3, -0.25) is 14.9 Å². The van der Waals surface area contributed by atoms with Crippen molar-refractivity contribution in [3.8, 4) is 0 Å². The number of carbonyl (C=O) groups excluding carboxylic acids is 2. The maximum atomic E-state index is 11.9. The Hall–Kier alpha value is -2.24. The summed E-state index contributed by atoms with van der Waals surface area (Å²) in [4.78, 5) is 33.8. The van der Waals surface area contributed by atoms with Crippen LogP contribution in [0, 0.1) is 17.0 Å². The predicted octanol–water partition coefficient (Wildman–Crippen LogP) is 2.57. The Bertz CT molecular complexity index is 567. The van der Waals surface area contributed by atoms with E-state index in [1.165, 1.54) is 18.2 Å². The highest BCUT2D eigenvalue weighted by Gasteiger charge is 2.27. The summed E-state index contributed by atoms with van der Waals surface area (Å²) in [6, 6.07) is 4.15. The number of hydrogen-bond acceptors (Lipinski definition) is 5. The van der Waals surface area contributed by atoms with Gasteiger partial charge in [0.15, 0.2) is 11.9 Å². The second-order valence-electron chi connectivity index (χ2n) is 4.86. The molecular weight excluding hydrogens is 262 g/mol. The quantitative estimate of drug-likeness (QED) is 0.481. The molecule has 0 aliphatic heterocycles. The molecule has 0 bridgehead atoms. The first kappa shape index (κ1) is 14.2. The van der Waals surface area contributed by atoms with Crippen molar-refractivity contribution in [1.82, 2.24) is 0 Å². The zero-order chi connectivity index (χ0) is 14.7. The highest BCUT2D eigenvalue weighted by Crippen LogP contribution is 2.22. The van der Waals surface area contributed by atoms with Gasteiger partial charge in [0.05, 0.1) is 10.5 Å². The summed E-state index contributed by atoms with van der Waals surface area (Å²) >= 11 is 0. The molecule has 0 unspecified atom stereocenters. The van der Waals surface area contributed by atoms with Crippen molar-refractivity contribution < 1.29 is 19.2 Å². The molecule has 0 aromatic heterocycles. The second-order valence-corrected chi connectivity index (χ2v) is 4.86. The molecule has 0 N–H and O–H groups in total. The topological polar surface area (TPSA) is 86.5 Å². The monoisotopic (exact) mass is 277 g/mol. The van der Waals surface area contributed by atoms with Crippen LogP contribution in [-0.4, -0.2) is 22.8 Å². The third kappa shape index (κ3) is 3.01. The molecule has 1 aliphatic carbocycles. The lowest BCUT2D eigenvalue weighted by Gasteiger charge is -2.20. The number of carbonyl (C=O) groups is 2. The van der Waals surface area contributed by atoms with Crippen LogP contribution >= 0.6 is 0 Å². The fourth-order valence-corrected chi connectivity index (χ4v) is 2.21. The van der Waals surface area contributed by atoms with Crippen LogP contribution in [0.15, 0.2) is 18.2 Å². The van der Waals surface area contributed by atoms with Gasteiger partial charge in [0.25, 0.3) is 5.69 Å². The SMILES string of the molecule is Cc1ccc(C(=O)O[C@@H]2CCCCC2=O)cc1[N+](=O)[O-]. The Morgan fingerprint density at radius 1 is 1.40 bits per heavy atom. The number of aryl methyl sites for hydroxylation is 1. The molecule has 0 saturated heterocycles. The molecule has 1 aromatic carbocycles. The first-order chi connectivity index (χ1) is 9.49. The number of ether oxygens (including phenoxy) is 1. The van der Waals surface area contributed by atoms with Crippen molar-refractivity contribution in [2.75, 3.05) is 0 Å². The van der Waals surface area contributed by atoms with E-state index in [-0.39, 0.29) is 17.0 Å². The molecule has 106 valence electrons. The molecule has 1 saturated carbocycles. The summed E-state index contributed by atoms with van der Waals surface area (Å²) in [6.45, 7) is 1.60. The molecule has 0 amide bonds. The van der Waals surface area contributed by atoms with Crippen LogP contribution < -0.4 is 0 Å². The average Bonchev–Trinajstić information content (AvgIpc) is 2.41. The van der Waals surface area contributed by atoms with Gasteiger partial charge in [-0.1, -0.05) is 6.07 Å². The Kier molecular flexibility index (Phi) is 4.12. The molecule has 6 nitrogen and oxygen atoms in total. The van der Waals surface area contributed by atoms with Crippen molar-refractivity contribution >= 4 is 17.4 Å². The Morgan fingerprint density at radius 3 is 2.80 bits per heavy atom. The van der Waals surface area contributed by atoms with Gasteiger partial charge >= 0.3 is 5.97 Å². The Morgan fingerprint density at radius 2 is 2.15 bits per heavy atom. The standard InChI is InChI=1S/C14H15NO5/c1-9-6-7-10(8-11(9)15(18)19)14(17)20-13-5-3-2-4-12(13)16/h6-8,13H,2-5H2,1H3/t13-/m1/s1. The first-order valence-electron chi connectivity index (χ1n) is 6.48. The van der Waals surface area contributed by atoms with Crippen LogP contribution in [0.2, 0.25) is 0 Å². The lowest BCUT2D eigenvalue weighted by molar-refractivity contribution is -0.385. The van der Waals surface area contributed by atoms with Gasteiger partial charge in [-0.25, -0.2) is 4.79 Å². The fourth-order valence-electron chi connectivity index (χ4n) is 2.21. The maximum absolute atomic E-state index is 11.9. The minimum Gasteiger partial charge on any atom is -0.451 e. The van der Waals surface area contributed by atoms with Crippen molar-refractivity contribution in [2.45, 2.75) is 38.7 Å². The molecule has 1 aromatic rings. The minimum atomic E-state index is -0.711. The number of Topliss-reactive ketones (excluding diaryl/α,β-unsaturated/α-hetero) is 1. The van der Waals surface area contributed by atoms with E-state index >= 15 is 0 Å². The summed E-state index contributed by atoms with van der Waals surface area (Å²) in [5.41, 5.74) is 0.440. The van der Waals surface area contributed by atoms with Crippen LogP contribution in [0.1, 0.15) is 41.6 Å². The molecule has 20 heavy (non-hydrogen) atoms. The van der Waals surface area contributed by atoms with E-state index in [4.69, 9.17) is 4.74 Å². The van der Waals surface area contributed by atoms with Crippen LogP contribution in [0.5, 0.6) is 0 Å². The summed E-state index contributed by atoms with van der Waals surface area (Å²) in [5.74, 6) is -0.764. The molecule has 1 atom stereocenters. The number of rotatable bonds is 3. The van der Waals surface area contributed by atoms with Gasteiger partial charge in [-0.05, 0) is 32.3 Å². The van der Waals surface area contributed by atoms with Crippen molar-refractivity contribution in [3.05, 3.63) is 39.4 Å². The molecule has 1 aliphatic rings. The van der Waals surface area contributed by atoms with E-state index in [1.54, 1.807) is 6.92 Å². The lowest BCUT2D eigenvalue weighted by atomic mass is 9.96. The van der Waals surface area contributed by atoms with E-state index in [1.807, 2.05) is 0 Å². The van der Waals surface area contributed by atoms with E-state index in [2.05, 4.69) is 0 Å². The van der Waals surface area contributed by atoms with Crippen molar-refractivity contribution in [2.24, 2.45) is 0 Å². The molecule has 0 spiro atoms. The number of nitrogens with zero attached hydrogens (tertiary/aromatic N) is 1. The second kappa shape index (κ2) is 5.81. The molecule has 0 heterocycles. The molecule has 6 heteroatoms. The normalized spacial score (nSPS) is 18.6. The van der Waals surface area contributed by atoms with Gasteiger partial charge in [-0.15, -0.1) is 0 Å². The van der Waals surface area contributed by atoms with E-state index in [9.17, 15) is 19.7 Å². The largest absolute Gasteiger partial charge is 0.451 e. The molecule has 2 rings (SSSR count). The molecule has 0 radical (unpaired) electrons. The summed E-state index contributed by atoms with van der Waals surface area (Å²) in [5, 5.41) is 10.8. The smallest absolute Gasteiger partial charge is 0.339 e. The maximum Gasteiger partial charge on any atom is 0.339 e. The summed E-state index contributed by atoms with van der Waals surface area (Å²) in [7, 11) is 0. The van der Waals surface area contributed by atoms with Crippen LogP contribution in [0.25, 0.3) is 0 Å².